The molecule has 154 valence electrons. The second-order valence-corrected chi connectivity index (χ2v) is 9.12. The van der Waals surface area contributed by atoms with Crippen molar-refractivity contribution in [2.45, 2.75) is 19.3 Å². The molecule has 1 saturated heterocycles. The zero-order valence-corrected chi connectivity index (χ0v) is 17.7. The summed E-state index contributed by atoms with van der Waals surface area (Å²) >= 11 is 1.57. The molecule has 2 heterocycles. The molecule has 0 spiro atoms. The Balaban J connectivity index is 1.36. The number of thiophene rings is 1. The summed E-state index contributed by atoms with van der Waals surface area (Å²) < 4.78 is 13.1. The molecule has 2 aliphatic rings. The first-order valence-corrected chi connectivity index (χ1v) is 10.9. The molecule has 1 aliphatic carbocycles. The van der Waals surface area contributed by atoms with Gasteiger partial charge < -0.3 is 14.7 Å². The van der Waals surface area contributed by atoms with Crippen molar-refractivity contribution in [3.05, 3.63) is 51.5 Å². The summed E-state index contributed by atoms with van der Waals surface area (Å²) in [6.07, 6.45) is 2.44. The van der Waals surface area contributed by atoms with E-state index in [0.717, 1.165) is 48.5 Å². The normalized spacial score (nSPS) is 19.1. The minimum Gasteiger partial charge on any atom is -0.368 e. The van der Waals surface area contributed by atoms with Crippen molar-refractivity contribution in [1.82, 2.24) is 9.80 Å². The largest absolute Gasteiger partial charge is 0.368 e. The summed E-state index contributed by atoms with van der Waals surface area (Å²) in [6, 6.07) is 8.51. The molecule has 0 N–H and O–H groups in total. The summed E-state index contributed by atoms with van der Waals surface area (Å²) in [5, 5.41) is 0. The second-order valence-electron chi connectivity index (χ2n) is 7.99. The molecule has 1 aliphatic heterocycles. The number of hydrogen-bond acceptors (Lipinski definition) is 4. The van der Waals surface area contributed by atoms with Gasteiger partial charge in [-0.05, 0) is 55.2 Å². The topological polar surface area (TPSA) is 43.9 Å². The lowest BCUT2D eigenvalue weighted by molar-refractivity contribution is -0.136. The predicted octanol–water partition coefficient (Wildman–Crippen LogP) is 3.04. The monoisotopic (exact) mass is 415 g/mol. The Bertz CT molecular complexity index is 901. The van der Waals surface area contributed by atoms with Crippen LogP contribution in [0.4, 0.5) is 10.1 Å². The SMILES string of the molecule is CN(C)C(=O)c1cc2c(s1)CC[C@@H](C(=O)N1CCN(c3ccc(F)cc3)CC1)C2. The van der Waals surface area contributed by atoms with Gasteiger partial charge in [-0.25, -0.2) is 4.39 Å². The highest BCUT2D eigenvalue weighted by atomic mass is 32.1. The minimum atomic E-state index is -0.233. The van der Waals surface area contributed by atoms with Crippen LogP contribution in [0.25, 0.3) is 0 Å². The smallest absolute Gasteiger partial charge is 0.263 e. The molecule has 0 saturated carbocycles. The van der Waals surface area contributed by atoms with E-state index in [2.05, 4.69) is 4.90 Å². The lowest BCUT2D eigenvalue weighted by atomic mass is 9.87. The van der Waals surface area contributed by atoms with E-state index in [0.29, 0.717) is 13.1 Å². The Kier molecular flexibility index (Phi) is 5.58. The third-order valence-electron chi connectivity index (χ3n) is 5.83. The van der Waals surface area contributed by atoms with Crippen molar-refractivity contribution < 1.29 is 14.0 Å². The molecule has 7 heteroatoms. The number of halogens is 1. The number of fused-ring (bicyclic) bond motifs is 1. The quantitative estimate of drug-likeness (QED) is 0.774. The molecular weight excluding hydrogens is 389 g/mol. The van der Waals surface area contributed by atoms with Crippen LogP contribution in [0.15, 0.2) is 30.3 Å². The fraction of sp³-hybridized carbons (Fsp3) is 0.455. The lowest BCUT2D eigenvalue weighted by Crippen LogP contribution is -2.51. The third-order valence-corrected chi connectivity index (χ3v) is 7.06. The van der Waals surface area contributed by atoms with Gasteiger partial charge in [-0.2, -0.15) is 0 Å². The van der Waals surface area contributed by atoms with E-state index >= 15 is 0 Å². The van der Waals surface area contributed by atoms with Gasteiger partial charge in [-0.15, -0.1) is 11.3 Å². The Morgan fingerprint density at radius 1 is 1.10 bits per heavy atom. The Labute approximate surface area is 174 Å². The maximum Gasteiger partial charge on any atom is 0.263 e. The van der Waals surface area contributed by atoms with E-state index in [1.54, 1.807) is 42.5 Å². The summed E-state index contributed by atoms with van der Waals surface area (Å²) in [6.45, 7) is 2.89. The van der Waals surface area contributed by atoms with E-state index in [-0.39, 0.29) is 23.5 Å². The zero-order chi connectivity index (χ0) is 20.5. The Hall–Kier alpha value is -2.41. The molecule has 1 aromatic heterocycles. The number of nitrogens with zero attached hydrogens (tertiary/aromatic N) is 3. The molecular formula is C22H26FN3O2S. The predicted molar refractivity (Wildman–Crippen MR) is 113 cm³/mol. The molecule has 29 heavy (non-hydrogen) atoms. The highest BCUT2D eigenvalue weighted by molar-refractivity contribution is 7.14. The molecule has 4 rings (SSSR count). The van der Waals surface area contributed by atoms with Crippen molar-refractivity contribution in [2.24, 2.45) is 5.92 Å². The van der Waals surface area contributed by atoms with Crippen LogP contribution in [0.1, 0.15) is 26.5 Å². The molecule has 2 amide bonds. The third kappa shape index (κ3) is 4.15. The number of carbonyl (C=O) groups is 2. The van der Waals surface area contributed by atoms with Gasteiger partial charge in [0.15, 0.2) is 0 Å². The number of anilines is 1. The standard InChI is InChI=1S/C22H26FN3O2S/c1-24(2)22(28)20-14-16-13-15(3-8-19(16)29-20)21(27)26-11-9-25(10-12-26)18-6-4-17(23)5-7-18/h4-7,14-15H,3,8-13H2,1-2H3/t15-/m1/s1. The van der Waals surface area contributed by atoms with Crippen molar-refractivity contribution in [3.8, 4) is 0 Å². The van der Waals surface area contributed by atoms with E-state index in [9.17, 15) is 14.0 Å². The molecule has 0 radical (unpaired) electrons. The van der Waals surface area contributed by atoms with Crippen LogP contribution in [-0.4, -0.2) is 61.9 Å². The highest BCUT2D eigenvalue weighted by Gasteiger charge is 2.32. The molecule has 2 aromatic rings. The molecule has 1 fully saturated rings. The van der Waals surface area contributed by atoms with Crippen molar-refractivity contribution >= 4 is 28.8 Å². The Morgan fingerprint density at radius 3 is 2.45 bits per heavy atom. The number of piperazine rings is 1. The van der Waals surface area contributed by atoms with Gasteiger partial charge in [0.05, 0.1) is 4.88 Å². The number of hydrogen-bond donors (Lipinski definition) is 0. The van der Waals surface area contributed by atoms with Crippen molar-refractivity contribution in [1.29, 1.82) is 0 Å². The number of aryl methyl sites for hydroxylation is 1. The van der Waals surface area contributed by atoms with Crippen LogP contribution >= 0.6 is 11.3 Å². The van der Waals surface area contributed by atoms with Gasteiger partial charge in [0.2, 0.25) is 5.91 Å². The summed E-state index contributed by atoms with van der Waals surface area (Å²) in [5.74, 6) is 0.0187. The first-order valence-electron chi connectivity index (χ1n) is 10.0. The zero-order valence-electron chi connectivity index (χ0n) is 16.9. The highest BCUT2D eigenvalue weighted by Crippen LogP contribution is 2.34. The number of carbonyl (C=O) groups excluding carboxylic acids is 2. The van der Waals surface area contributed by atoms with Crippen LogP contribution < -0.4 is 4.90 Å². The van der Waals surface area contributed by atoms with Gasteiger partial charge in [0.1, 0.15) is 5.82 Å². The van der Waals surface area contributed by atoms with Gasteiger partial charge in [0.25, 0.3) is 5.91 Å². The van der Waals surface area contributed by atoms with Gasteiger partial charge in [-0.1, -0.05) is 0 Å². The first kappa shape index (κ1) is 19.9. The molecule has 1 atom stereocenters. The summed E-state index contributed by atoms with van der Waals surface area (Å²) in [4.78, 5) is 33.1. The number of rotatable bonds is 3. The second kappa shape index (κ2) is 8.14. The first-order chi connectivity index (χ1) is 13.9. The average molecular weight is 416 g/mol. The van der Waals surface area contributed by atoms with E-state index < -0.39 is 0 Å². The van der Waals surface area contributed by atoms with Gasteiger partial charge in [0, 0.05) is 56.8 Å². The van der Waals surface area contributed by atoms with Crippen LogP contribution in [0.5, 0.6) is 0 Å². The number of benzene rings is 1. The van der Waals surface area contributed by atoms with E-state index in [1.165, 1.54) is 17.0 Å². The minimum absolute atomic E-state index is 0.00298. The molecule has 1 aromatic carbocycles. The van der Waals surface area contributed by atoms with Gasteiger partial charge in [-0.3, -0.25) is 9.59 Å². The fourth-order valence-corrected chi connectivity index (χ4v) is 5.39. The Morgan fingerprint density at radius 2 is 1.79 bits per heavy atom. The summed E-state index contributed by atoms with van der Waals surface area (Å²) in [7, 11) is 3.53. The van der Waals surface area contributed by atoms with Crippen LogP contribution in [0.3, 0.4) is 0 Å². The number of amides is 2. The maximum atomic E-state index is 13.1. The lowest BCUT2D eigenvalue weighted by Gasteiger charge is -2.38. The molecule has 0 bridgehead atoms. The van der Waals surface area contributed by atoms with E-state index in [1.807, 2.05) is 11.0 Å². The molecule has 5 nitrogen and oxygen atoms in total. The average Bonchev–Trinajstić information content (AvgIpc) is 3.16. The summed E-state index contributed by atoms with van der Waals surface area (Å²) in [5.41, 5.74) is 2.16. The van der Waals surface area contributed by atoms with Crippen LogP contribution in [0.2, 0.25) is 0 Å². The van der Waals surface area contributed by atoms with Crippen molar-refractivity contribution in [2.75, 3.05) is 45.2 Å². The molecule has 0 unspecified atom stereocenters. The van der Waals surface area contributed by atoms with E-state index in [4.69, 9.17) is 0 Å². The maximum absolute atomic E-state index is 13.1. The fourth-order valence-electron chi connectivity index (χ4n) is 4.16. The van der Waals surface area contributed by atoms with Crippen LogP contribution in [0, 0.1) is 11.7 Å². The van der Waals surface area contributed by atoms with Crippen molar-refractivity contribution in [3.63, 3.8) is 0 Å². The van der Waals surface area contributed by atoms with Crippen LogP contribution in [-0.2, 0) is 17.6 Å². The van der Waals surface area contributed by atoms with Gasteiger partial charge >= 0.3 is 0 Å².